The molecular formula is C7H4BaClNO2. The number of hydrogen-bond acceptors (Lipinski definition) is 2. The summed E-state index contributed by atoms with van der Waals surface area (Å²) >= 11 is 0. The summed E-state index contributed by atoms with van der Waals surface area (Å²) in [6, 6.07) is 5.64. The van der Waals surface area contributed by atoms with Crippen LogP contribution in [0.25, 0.3) is 0 Å². The van der Waals surface area contributed by atoms with Gasteiger partial charge in [-0.05, 0) is 6.07 Å². The first-order chi connectivity index (χ1) is 4.72. The summed E-state index contributed by atoms with van der Waals surface area (Å²) in [6.07, 6.45) is 0. The number of carboxylic acids is 1. The van der Waals surface area contributed by atoms with Crippen LogP contribution in [-0.4, -0.2) is 54.9 Å². The third-order valence-electron chi connectivity index (χ3n) is 1.12. The van der Waals surface area contributed by atoms with Gasteiger partial charge in [0.25, 0.3) is 0 Å². The Bertz CT molecular complexity index is 267. The molecule has 1 rings (SSSR count). The number of carbonyl (C=O) groups is 1. The van der Waals surface area contributed by atoms with Crippen LogP contribution in [0.4, 0.5) is 5.69 Å². The molecule has 0 bridgehead atoms. The second kappa shape index (κ2) is 6.82. The van der Waals surface area contributed by atoms with Crippen molar-refractivity contribution < 1.29 is 22.3 Å². The van der Waals surface area contributed by atoms with Crippen LogP contribution in [0, 0.1) is 0 Å². The number of hydrogen-bond donors (Lipinski definition) is 0. The van der Waals surface area contributed by atoms with Crippen LogP contribution in [0.5, 0.6) is 0 Å². The number of rotatable bonds is 1. The van der Waals surface area contributed by atoms with Crippen molar-refractivity contribution in [1.29, 1.82) is 0 Å². The number of halogens is 1. The van der Waals surface area contributed by atoms with Crippen LogP contribution < -0.4 is 23.2 Å². The first kappa shape index (κ1) is 14.9. The summed E-state index contributed by atoms with van der Waals surface area (Å²) in [5.74, 6) is -1.36. The summed E-state index contributed by atoms with van der Waals surface area (Å²) in [5.41, 5.74) is 8.42. The third kappa shape index (κ3) is 3.84. The molecular weight excluding hydrogens is 303 g/mol. The van der Waals surface area contributed by atoms with Gasteiger partial charge in [0.2, 0.25) is 0 Å². The molecule has 0 aromatic heterocycles. The fourth-order valence-corrected chi connectivity index (χ4v) is 0.646. The van der Waals surface area contributed by atoms with Crippen LogP contribution in [0.1, 0.15) is 10.4 Å². The Labute approximate surface area is 117 Å². The molecule has 0 fully saturated rings. The van der Waals surface area contributed by atoms with Gasteiger partial charge in [-0.2, -0.15) is 0 Å². The van der Waals surface area contributed by atoms with Crippen molar-refractivity contribution in [2.24, 2.45) is 0 Å². The van der Waals surface area contributed by atoms with Gasteiger partial charge >= 0.3 is 48.9 Å². The molecule has 1 aromatic carbocycles. The molecule has 12 heavy (non-hydrogen) atoms. The molecule has 1 aromatic rings. The maximum Gasteiger partial charge on any atom is 2.00 e. The normalized spacial score (nSPS) is 7.67. The molecule has 0 atom stereocenters. The van der Waals surface area contributed by atoms with Gasteiger partial charge in [-0.15, -0.1) is 5.73 Å². The van der Waals surface area contributed by atoms with Crippen molar-refractivity contribution in [3.8, 4) is 0 Å². The van der Waals surface area contributed by atoms with E-state index in [0.717, 1.165) is 0 Å². The molecule has 58 valence electrons. The topological polar surface area (TPSA) is 62.4 Å². The van der Waals surface area contributed by atoms with E-state index in [9.17, 15) is 9.90 Å². The summed E-state index contributed by atoms with van der Waals surface area (Å²) in [7, 11) is 0. The van der Waals surface area contributed by atoms with E-state index in [1.807, 2.05) is 0 Å². The van der Waals surface area contributed by atoms with Crippen molar-refractivity contribution >= 4 is 60.5 Å². The van der Waals surface area contributed by atoms with Gasteiger partial charge in [-0.25, -0.2) is 0 Å². The van der Waals surface area contributed by atoms with Crippen molar-refractivity contribution in [1.82, 2.24) is 5.73 Å². The Morgan fingerprint density at radius 3 is 2.17 bits per heavy atom. The van der Waals surface area contributed by atoms with Crippen LogP contribution in [0.3, 0.4) is 0 Å². The molecule has 5 heteroatoms. The molecule has 0 unspecified atom stereocenters. The fourth-order valence-electron chi connectivity index (χ4n) is 0.646. The SMILES string of the molecule is [Ba+2].[Cl-].[N]c1ccccc1C(=O)[O-]. The maximum absolute atomic E-state index is 10.2. The standard InChI is InChI=1S/C7H5NO2.Ba.ClH/c8-6-4-2-1-3-5(6)7(9)10;;/h1-4H,(H,9,10);;1H/q;+2;/p-2. The van der Waals surface area contributed by atoms with Crippen molar-refractivity contribution in [2.45, 2.75) is 0 Å². The average Bonchev–Trinajstić information content (AvgIpc) is 1.88. The van der Waals surface area contributed by atoms with Gasteiger partial charge in [-0.3, -0.25) is 0 Å². The molecule has 0 heterocycles. The van der Waals surface area contributed by atoms with Gasteiger partial charge in [0.05, 0.1) is 11.7 Å². The van der Waals surface area contributed by atoms with Crippen molar-refractivity contribution in [3.05, 3.63) is 29.8 Å². The Balaban J connectivity index is 0. The molecule has 0 amide bonds. The zero-order chi connectivity index (χ0) is 7.56. The minimum absolute atomic E-state index is 0. The number of nitrogens with zero attached hydrogens (tertiary/aromatic N) is 1. The van der Waals surface area contributed by atoms with Crippen molar-refractivity contribution in [3.63, 3.8) is 0 Å². The van der Waals surface area contributed by atoms with Gasteiger partial charge in [0.15, 0.2) is 0 Å². The predicted octanol–water partition coefficient (Wildman–Crippen LogP) is -3.63. The van der Waals surface area contributed by atoms with E-state index in [0.29, 0.717) is 0 Å². The molecule has 0 N–H and O–H groups in total. The Morgan fingerprint density at radius 1 is 1.33 bits per heavy atom. The molecule has 0 saturated carbocycles. The minimum Gasteiger partial charge on any atom is -1.00 e. The zero-order valence-electron chi connectivity index (χ0n) is 6.16. The van der Waals surface area contributed by atoms with Crippen LogP contribution in [-0.2, 0) is 0 Å². The number of carboxylic acid groups (broad SMARTS) is 1. The molecule has 0 aliphatic carbocycles. The Hall–Kier alpha value is 0.351. The number of carbonyl (C=O) groups excluding carboxylic acids is 1. The van der Waals surface area contributed by atoms with E-state index >= 15 is 0 Å². The van der Waals surface area contributed by atoms with Gasteiger partial charge in [-0.1, -0.05) is 18.2 Å². The summed E-state index contributed by atoms with van der Waals surface area (Å²) in [5, 5.41) is 10.2. The van der Waals surface area contributed by atoms with Crippen molar-refractivity contribution in [2.75, 3.05) is 0 Å². The van der Waals surface area contributed by atoms with Gasteiger partial charge in [0, 0.05) is 5.56 Å². The molecule has 2 radical (unpaired) electrons. The van der Waals surface area contributed by atoms with Crippen LogP contribution in [0.2, 0.25) is 0 Å². The average molecular weight is 307 g/mol. The van der Waals surface area contributed by atoms with Gasteiger partial charge in [0.1, 0.15) is 0 Å². The Kier molecular flexibility index (Phi) is 8.45. The Morgan fingerprint density at radius 2 is 1.83 bits per heavy atom. The van der Waals surface area contributed by atoms with E-state index in [-0.39, 0.29) is 72.5 Å². The summed E-state index contributed by atoms with van der Waals surface area (Å²) < 4.78 is 0. The first-order valence-electron chi connectivity index (χ1n) is 2.71. The van der Waals surface area contributed by atoms with E-state index in [4.69, 9.17) is 5.73 Å². The molecule has 0 saturated heterocycles. The molecule has 3 nitrogen and oxygen atoms in total. The van der Waals surface area contributed by atoms with E-state index in [1.165, 1.54) is 18.2 Å². The zero-order valence-corrected chi connectivity index (χ0v) is 11.4. The van der Waals surface area contributed by atoms with Crippen LogP contribution in [0.15, 0.2) is 24.3 Å². The second-order valence-corrected chi connectivity index (χ2v) is 1.80. The summed E-state index contributed by atoms with van der Waals surface area (Å²) in [6.45, 7) is 0. The van der Waals surface area contributed by atoms with Gasteiger partial charge < -0.3 is 22.3 Å². The molecule has 0 aliphatic heterocycles. The van der Waals surface area contributed by atoms with E-state index in [2.05, 4.69) is 0 Å². The molecule has 0 aliphatic rings. The number of benzene rings is 1. The second-order valence-electron chi connectivity index (χ2n) is 1.80. The third-order valence-corrected chi connectivity index (χ3v) is 1.12. The van der Waals surface area contributed by atoms with E-state index in [1.54, 1.807) is 6.07 Å². The minimum atomic E-state index is -1.36. The van der Waals surface area contributed by atoms with Crippen LogP contribution >= 0.6 is 0 Å². The molecule has 0 spiro atoms. The predicted molar refractivity (Wildman–Crippen MR) is 38.3 cm³/mol. The smallest absolute Gasteiger partial charge is 1.00 e. The first-order valence-corrected chi connectivity index (χ1v) is 2.71. The fraction of sp³-hybridized carbons (Fsp3) is 0. The number of aromatic carboxylic acids is 1. The van der Waals surface area contributed by atoms with E-state index < -0.39 is 5.97 Å². The quantitative estimate of drug-likeness (QED) is 0.503. The monoisotopic (exact) mass is 307 g/mol. The maximum atomic E-state index is 10.2. The largest absolute Gasteiger partial charge is 2.00 e. The summed E-state index contributed by atoms with van der Waals surface area (Å²) in [4.78, 5) is 10.2.